The summed E-state index contributed by atoms with van der Waals surface area (Å²) in [6, 6.07) is 7.90. The van der Waals surface area contributed by atoms with Crippen LogP contribution in [0.4, 0.5) is 5.69 Å². The minimum absolute atomic E-state index is 0.0267. The Bertz CT molecular complexity index is 367. The van der Waals surface area contributed by atoms with Gasteiger partial charge in [-0.25, -0.2) is 0 Å². The fourth-order valence-corrected chi connectivity index (χ4v) is 1.27. The van der Waals surface area contributed by atoms with Gasteiger partial charge in [-0.1, -0.05) is 18.9 Å². The zero-order valence-electron chi connectivity index (χ0n) is 10.2. The highest BCUT2D eigenvalue weighted by Crippen LogP contribution is 2.19. The number of ether oxygens (including phenoxy) is 1. The van der Waals surface area contributed by atoms with E-state index in [2.05, 4.69) is 25.1 Å². The third-order valence-corrected chi connectivity index (χ3v) is 2.38. The molecular formula is C14H19NO. The molecule has 1 rings (SSSR count). The molecule has 16 heavy (non-hydrogen) atoms. The summed E-state index contributed by atoms with van der Waals surface area (Å²) in [5, 5.41) is 3.21. The molecule has 0 spiro atoms. The Morgan fingerprint density at radius 2 is 2.19 bits per heavy atom. The molecule has 86 valence electrons. The molecule has 2 heteroatoms. The number of terminal acetylenes is 1. The van der Waals surface area contributed by atoms with Gasteiger partial charge in [-0.05, 0) is 32.4 Å². The van der Waals surface area contributed by atoms with Crippen molar-refractivity contribution in [2.75, 3.05) is 5.32 Å². The largest absolute Gasteiger partial charge is 0.491 e. The number of hydrogen-bond donors (Lipinski definition) is 1. The van der Waals surface area contributed by atoms with Crippen molar-refractivity contribution in [1.82, 2.24) is 0 Å². The summed E-state index contributed by atoms with van der Waals surface area (Å²) in [5.74, 6) is 3.51. The molecule has 0 radical (unpaired) electrons. The van der Waals surface area contributed by atoms with Gasteiger partial charge < -0.3 is 10.1 Å². The smallest absolute Gasteiger partial charge is 0.121 e. The minimum Gasteiger partial charge on any atom is -0.491 e. The highest BCUT2D eigenvalue weighted by molar-refractivity contribution is 5.49. The molecule has 0 aliphatic rings. The molecule has 0 aliphatic heterocycles. The van der Waals surface area contributed by atoms with Crippen LogP contribution in [0.2, 0.25) is 0 Å². The maximum atomic E-state index is 5.73. The average molecular weight is 217 g/mol. The fraction of sp³-hybridized carbons (Fsp3) is 0.429. The van der Waals surface area contributed by atoms with E-state index in [0.717, 1.165) is 17.9 Å². The van der Waals surface area contributed by atoms with Crippen molar-refractivity contribution in [2.24, 2.45) is 0 Å². The number of nitrogens with one attached hydrogen (secondary N) is 1. The molecule has 2 unspecified atom stereocenters. The lowest BCUT2D eigenvalue weighted by molar-refractivity contribution is 0.217. The molecule has 2 nitrogen and oxygen atoms in total. The summed E-state index contributed by atoms with van der Waals surface area (Å²) in [4.78, 5) is 0. The molecule has 0 aliphatic carbocycles. The van der Waals surface area contributed by atoms with E-state index in [0.29, 0.717) is 0 Å². The third-order valence-electron chi connectivity index (χ3n) is 2.38. The first-order valence-corrected chi connectivity index (χ1v) is 5.65. The van der Waals surface area contributed by atoms with Crippen LogP contribution in [0.1, 0.15) is 27.2 Å². The van der Waals surface area contributed by atoms with Crippen LogP contribution >= 0.6 is 0 Å². The minimum atomic E-state index is 0.0267. The van der Waals surface area contributed by atoms with Crippen LogP contribution in [0.5, 0.6) is 5.75 Å². The predicted molar refractivity (Wildman–Crippen MR) is 68.7 cm³/mol. The van der Waals surface area contributed by atoms with Gasteiger partial charge in [0.2, 0.25) is 0 Å². The van der Waals surface area contributed by atoms with Crippen LogP contribution in [0.25, 0.3) is 0 Å². The van der Waals surface area contributed by atoms with E-state index in [9.17, 15) is 0 Å². The first-order chi connectivity index (χ1) is 7.65. The SMILES string of the molecule is C#CC(C)Nc1cccc(OC(C)CC)c1. The molecule has 0 fully saturated rings. The van der Waals surface area contributed by atoms with Crippen LogP contribution < -0.4 is 10.1 Å². The topological polar surface area (TPSA) is 21.3 Å². The Balaban J connectivity index is 2.68. The Morgan fingerprint density at radius 1 is 1.44 bits per heavy atom. The summed E-state index contributed by atoms with van der Waals surface area (Å²) < 4.78 is 5.73. The third kappa shape index (κ3) is 3.86. The number of anilines is 1. The number of hydrogen-bond acceptors (Lipinski definition) is 2. The van der Waals surface area contributed by atoms with Gasteiger partial charge in [0.15, 0.2) is 0 Å². The summed E-state index contributed by atoms with van der Waals surface area (Å²) in [6.45, 7) is 6.11. The fourth-order valence-electron chi connectivity index (χ4n) is 1.27. The lowest BCUT2D eigenvalue weighted by Crippen LogP contribution is -2.13. The quantitative estimate of drug-likeness (QED) is 0.764. The molecule has 1 N–H and O–H groups in total. The van der Waals surface area contributed by atoms with E-state index in [4.69, 9.17) is 11.2 Å². The van der Waals surface area contributed by atoms with Gasteiger partial charge in [0.05, 0.1) is 12.1 Å². The van der Waals surface area contributed by atoms with Crippen LogP contribution in [0, 0.1) is 12.3 Å². The molecule has 1 aromatic carbocycles. The molecule has 0 heterocycles. The van der Waals surface area contributed by atoms with Gasteiger partial charge >= 0.3 is 0 Å². The molecule has 0 saturated heterocycles. The Morgan fingerprint density at radius 3 is 2.81 bits per heavy atom. The lowest BCUT2D eigenvalue weighted by atomic mass is 10.2. The van der Waals surface area contributed by atoms with Crippen molar-refractivity contribution in [1.29, 1.82) is 0 Å². The van der Waals surface area contributed by atoms with Crippen molar-refractivity contribution in [2.45, 2.75) is 39.3 Å². The monoisotopic (exact) mass is 217 g/mol. The second-order valence-electron chi connectivity index (χ2n) is 3.90. The molecular weight excluding hydrogens is 198 g/mol. The highest BCUT2D eigenvalue weighted by Gasteiger charge is 2.02. The van der Waals surface area contributed by atoms with E-state index < -0.39 is 0 Å². The average Bonchev–Trinajstić information content (AvgIpc) is 2.29. The van der Waals surface area contributed by atoms with Crippen molar-refractivity contribution < 1.29 is 4.74 Å². The molecule has 0 bridgehead atoms. The van der Waals surface area contributed by atoms with Gasteiger partial charge in [0.1, 0.15) is 5.75 Å². The Hall–Kier alpha value is -1.62. The summed E-state index contributed by atoms with van der Waals surface area (Å²) in [5.41, 5.74) is 0.992. The normalized spacial score (nSPS) is 13.6. The molecule has 0 saturated carbocycles. The zero-order valence-corrected chi connectivity index (χ0v) is 10.2. The predicted octanol–water partition coefficient (Wildman–Crippen LogP) is 3.30. The van der Waals surface area contributed by atoms with E-state index in [1.54, 1.807) is 0 Å². The maximum Gasteiger partial charge on any atom is 0.121 e. The van der Waals surface area contributed by atoms with Crippen LogP contribution in [-0.4, -0.2) is 12.1 Å². The molecule has 0 aromatic heterocycles. The highest BCUT2D eigenvalue weighted by atomic mass is 16.5. The van der Waals surface area contributed by atoms with Gasteiger partial charge in [-0.3, -0.25) is 0 Å². The summed E-state index contributed by atoms with van der Waals surface area (Å²) in [7, 11) is 0. The Labute approximate surface area is 98.0 Å². The number of rotatable bonds is 5. The zero-order chi connectivity index (χ0) is 12.0. The maximum absolute atomic E-state index is 5.73. The second kappa shape index (κ2) is 6.07. The summed E-state index contributed by atoms with van der Waals surface area (Å²) >= 11 is 0. The lowest BCUT2D eigenvalue weighted by Gasteiger charge is -2.14. The van der Waals surface area contributed by atoms with Gasteiger partial charge in [-0.15, -0.1) is 6.42 Å². The van der Waals surface area contributed by atoms with Crippen LogP contribution in [0.3, 0.4) is 0 Å². The van der Waals surface area contributed by atoms with Crippen molar-refractivity contribution in [3.05, 3.63) is 24.3 Å². The van der Waals surface area contributed by atoms with Crippen molar-refractivity contribution in [3.8, 4) is 18.1 Å². The van der Waals surface area contributed by atoms with E-state index in [1.165, 1.54) is 0 Å². The molecule has 2 atom stereocenters. The van der Waals surface area contributed by atoms with Crippen molar-refractivity contribution in [3.63, 3.8) is 0 Å². The van der Waals surface area contributed by atoms with Gasteiger partial charge in [0, 0.05) is 11.8 Å². The van der Waals surface area contributed by atoms with Gasteiger partial charge in [0.25, 0.3) is 0 Å². The van der Waals surface area contributed by atoms with Crippen LogP contribution in [-0.2, 0) is 0 Å². The first-order valence-electron chi connectivity index (χ1n) is 5.65. The number of benzene rings is 1. The first kappa shape index (κ1) is 12.4. The van der Waals surface area contributed by atoms with E-state index >= 15 is 0 Å². The van der Waals surface area contributed by atoms with Crippen LogP contribution in [0.15, 0.2) is 24.3 Å². The van der Waals surface area contributed by atoms with E-state index in [1.807, 2.05) is 31.2 Å². The van der Waals surface area contributed by atoms with Gasteiger partial charge in [-0.2, -0.15) is 0 Å². The van der Waals surface area contributed by atoms with E-state index in [-0.39, 0.29) is 12.1 Å². The standard InChI is InChI=1S/C14H19NO/c1-5-11(3)15-13-8-7-9-14(10-13)16-12(4)6-2/h1,7-12,15H,6H2,2-4H3. The second-order valence-corrected chi connectivity index (χ2v) is 3.90. The Kier molecular flexibility index (Phi) is 4.72. The molecule has 1 aromatic rings. The summed E-state index contributed by atoms with van der Waals surface area (Å²) in [6.07, 6.45) is 6.55. The van der Waals surface area contributed by atoms with Crippen molar-refractivity contribution >= 4 is 5.69 Å². The molecule has 0 amide bonds.